The average molecular weight is 267 g/mol. The largest absolute Gasteiger partial charge is 0.384 e. The molecule has 0 amide bonds. The number of hydrogen-bond acceptors (Lipinski definition) is 3. The van der Waals surface area contributed by atoms with Gasteiger partial charge in [-0.15, -0.1) is 0 Å². The van der Waals surface area contributed by atoms with Crippen molar-refractivity contribution in [1.82, 2.24) is 9.97 Å². The Morgan fingerprint density at radius 2 is 1.80 bits per heavy atom. The predicted octanol–water partition coefficient (Wildman–Crippen LogP) is 3.48. The van der Waals surface area contributed by atoms with Crippen LogP contribution in [0.5, 0.6) is 0 Å². The van der Waals surface area contributed by atoms with E-state index in [1.807, 2.05) is 6.07 Å². The lowest BCUT2D eigenvalue weighted by Crippen LogP contribution is -2.27. The van der Waals surface area contributed by atoms with E-state index in [1.165, 1.54) is 18.4 Å². The van der Waals surface area contributed by atoms with Crippen molar-refractivity contribution in [2.45, 2.75) is 44.4 Å². The van der Waals surface area contributed by atoms with E-state index in [-0.39, 0.29) is 5.41 Å². The van der Waals surface area contributed by atoms with E-state index in [4.69, 9.17) is 10.7 Å². The van der Waals surface area contributed by atoms with Gasteiger partial charge in [0.05, 0.1) is 5.41 Å². The fraction of sp³-hybridized carbons (Fsp3) is 0.412. The molecular weight excluding hydrogens is 246 g/mol. The maximum Gasteiger partial charge on any atom is 0.141 e. The number of aromatic nitrogens is 2. The Kier molecular flexibility index (Phi) is 3.43. The molecule has 1 aliphatic rings. The van der Waals surface area contributed by atoms with Gasteiger partial charge in [0.15, 0.2) is 0 Å². The van der Waals surface area contributed by atoms with Gasteiger partial charge in [-0.05, 0) is 24.8 Å². The number of anilines is 1. The van der Waals surface area contributed by atoms with Crippen LogP contribution in [-0.4, -0.2) is 9.97 Å². The SMILES string of the molecule is CCc1cc(N)nc(C2(c3ccccc3)CCCC2)n1. The van der Waals surface area contributed by atoms with Crippen LogP contribution in [0.4, 0.5) is 5.82 Å². The molecule has 3 heteroatoms. The third-order valence-corrected chi connectivity index (χ3v) is 4.37. The minimum absolute atomic E-state index is 0.0411. The number of nitrogens with two attached hydrogens (primary N) is 1. The van der Waals surface area contributed by atoms with E-state index < -0.39 is 0 Å². The highest BCUT2D eigenvalue weighted by Crippen LogP contribution is 2.45. The first-order valence-electron chi connectivity index (χ1n) is 7.44. The van der Waals surface area contributed by atoms with Crippen LogP contribution in [0.3, 0.4) is 0 Å². The zero-order valence-electron chi connectivity index (χ0n) is 12.0. The maximum absolute atomic E-state index is 5.99. The van der Waals surface area contributed by atoms with Crippen molar-refractivity contribution in [3.63, 3.8) is 0 Å². The molecule has 1 aromatic carbocycles. The predicted molar refractivity (Wildman–Crippen MR) is 81.5 cm³/mol. The molecule has 3 nitrogen and oxygen atoms in total. The van der Waals surface area contributed by atoms with Gasteiger partial charge in [0.2, 0.25) is 0 Å². The van der Waals surface area contributed by atoms with Crippen molar-refractivity contribution in [3.8, 4) is 0 Å². The van der Waals surface area contributed by atoms with E-state index >= 15 is 0 Å². The van der Waals surface area contributed by atoms with Crippen LogP contribution in [0.1, 0.15) is 49.7 Å². The molecule has 0 radical (unpaired) electrons. The summed E-state index contributed by atoms with van der Waals surface area (Å²) in [7, 11) is 0. The Hall–Kier alpha value is -1.90. The molecule has 0 saturated heterocycles. The zero-order valence-corrected chi connectivity index (χ0v) is 12.0. The van der Waals surface area contributed by atoms with Crippen LogP contribution in [0.25, 0.3) is 0 Å². The summed E-state index contributed by atoms with van der Waals surface area (Å²) in [6.45, 7) is 2.11. The lowest BCUT2D eigenvalue weighted by molar-refractivity contribution is 0.497. The van der Waals surface area contributed by atoms with Gasteiger partial charge in [-0.3, -0.25) is 0 Å². The van der Waals surface area contributed by atoms with Gasteiger partial charge in [-0.25, -0.2) is 9.97 Å². The van der Waals surface area contributed by atoms with Crippen LogP contribution in [0.15, 0.2) is 36.4 Å². The summed E-state index contributed by atoms with van der Waals surface area (Å²) in [6.07, 6.45) is 5.58. The Morgan fingerprint density at radius 3 is 2.45 bits per heavy atom. The lowest BCUT2D eigenvalue weighted by Gasteiger charge is -2.28. The van der Waals surface area contributed by atoms with E-state index in [2.05, 4.69) is 42.2 Å². The fourth-order valence-corrected chi connectivity index (χ4v) is 3.29. The molecule has 0 spiro atoms. The van der Waals surface area contributed by atoms with Gasteiger partial charge < -0.3 is 5.73 Å². The van der Waals surface area contributed by atoms with Crippen LogP contribution in [0, 0.1) is 0 Å². The smallest absolute Gasteiger partial charge is 0.141 e. The highest BCUT2D eigenvalue weighted by molar-refractivity contribution is 5.38. The Bertz CT molecular complexity index is 586. The maximum atomic E-state index is 5.99. The van der Waals surface area contributed by atoms with Gasteiger partial charge in [-0.2, -0.15) is 0 Å². The van der Waals surface area contributed by atoms with Crippen molar-refractivity contribution in [3.05, 3.63) is 53.5 Å². The summed E-state index contributed by atoms with van der Waals surface area (Å²) < 4.78 is 0. The first kappa shape index (κ1) is 13.1. The number of benzene rings is 1. The standard InChI is InChI=1S/C17H21N3/c1-2-14-12-15(18)20-16(19-14)17(10-6-7-11-17)13-8-4-3-5-9-13/h3-5,8-9,12H,2,6-7,10-11H2,1H3,(H2,18,19,20). The van der Waals surface area contributed by atoms with Gasteiger partial charge >= 0.3 is 0 Å². The molecule has 1 saturated carbocycles. The molecule has 20 heavy (non-hydrogen) atoms. The van der Waals surface area contributed by atoms with Crippen LogP contribution < -0.4 is 5.73 Å². The second-order valence-electron chi connectivity index (χ2n) is 5.62. The third-order valence-electron chi connectivity index (χ3n) is 4.37. The van der Waals surface area contributed by atoms with Gasteiger partial charge in [0, 0.05) is 11.8 Å². The molecule has 1 aliphatic carbocycles. The summed E-state index contributed by atoms with van der Waals surface area (Å²) in [4.78, 5) is 9.37. The quantitative estimate of drug-likeness (QED) is 0.926. The van der Waals surface area contributed by atoms with Crippen molar-refractivity contribution in [2.75, 3.05) is 5.73 Å². The van der Waals surface area contributed by atoms with Crippen LogP contribution >= 0.6 is 0 Å². The monoisotopic (exact) mass is 267 g/mol. The molecular formula is C17H21N3. The Morgan fingerprint density at radius 1 is 1.10 bits per heavy atom. The molecule has 2 N–H and O–H groups in total. The lowest BCUT2D eigenvalue weighted by atomic mass is 9.78. The summed E-state index contributed by atoms with van der Waals surface area (Å²) in [5.74, 6) is 1.51. The van der Waals surface area contributed by atoms with Crippen LogP contribution in [0.2, 0.25) is 0 Å². The second-order valence-corrected chi connectivity index (χ2v) is 5.62. The van der Waals surface area contributed by atoms with E-state index in [0.29, 0.717) is 5.82 Å². The first-order valence-corrected chi connectivity index (χ1v) is 7.44. The molecule has 3 rings (SSSR count). The zero-order chi connectivity index (χ0) is 14.0. The molecule has 0 aliphatic heterocycles. The Labute approximate surface area is 120 Å². The fourth-order valence-electron chi connectivity index (χ4n) is 3.29. The van der Waals surface area contributed by atoms with Crippen molar-refractivity contribution in [1.29, 1.82) is 0 Å². The van der Waals surface area contributed by atoms with Gasteiger partial charge in [0.25, 0.3) is 0 Å². The molecule has 0 atom stereocenters. The number of rotatable bonds is 3. The normalized spacial score (nSPS) is 17.2. The van der Waals surface area contributed by atoms with Gasteiger partial charge in [0.1, 0.15) is 11.6 Å². The number of hydrogen-bond donors (Lipinski definition) is 1. The summed E-state index contributed by atoms with van der Waals surface area (Å²) >= 11 is 0. The molecule has 2 aromatic rings. The highest BCUT2D eigenvalue weighted by atomic mass is 15.0. The number of nitrogens with zero attached hydrogens (tertiary/aromatic N) is 2. The molecule has 0 bridgehead atoms. The minimum Gasteiger partial charge on any atom is -0.384 e. The molecule has 104 valence electrons. The highest BCUT2D eigenvalue weighted by Gasteiger charge is 2.40. The average Bonchev–Trinajstić information content (AvgIpc) is 2.98. The molecule has 0 unspecified atom stereocenters. The van der Waals surface area contributed by atoms with Gasteiger partial charge in [-0.1, -0.05) is 50.1 Å². The third kappa shape index (κ3) is 2.17. The molecule has 1 heterocycles. The summed E-state index contributed by atoms with van der Waals surface area (Å²) in [6, 6.07) is 12.5. The molecule has 1 aromatic heterocycles. The summed E-state index contributed by atoms with van der Waals surface area (Å²) in [5.41, 5.74) is 8.31. The molecule has 1 fully saturated rings. The summed E-state index contributed by atoms with van der Waals surface area (Å²) in [5, 5.41) is 0. The van der Waals surface area contributed by atoms with Crippen molar-refractivity contribution in [2.24, 2.45) is 0 Å². The number of nitrogen functional groups attached to an aromatic ring is 1. The van der Waals surface area contributed by atoms with E-state index in [9.17, 15) is 0 Å². The van der Waals surface area contributed by atoms with E-state index in [1.54, 1.807) is 0 Å². The van der Waals surface area contributed by atoms with Crippen molar-refractivity contribution < 1.29 is 0 Å². The minimum atomic E-state index is -0.0411. The van der Waals surface area contributed by atoms with Crippen LogP contribution in [-0.2, 0) is 11.8 Å². The second kappa shape index (κ2) is 5.23. The Balaban J connectivity index is 2.14. The van der Waals surface area contributed by atoms with E-state index in [0.717, 1.165) is 30.8 Å². The first-order chi connectivity index (χ1) is 9.74. The number of aryl methyl sites for hydroxylation is 1. The topological polar surface area (TPSA) is 51.8 Å². The van der Waals surface area contributed by atoms with Crippen molar-refractivity contribution >= 4 is 5.82 Å².